The third-order valence-electron chi connectivity index (χ3n) is 6.13. The Morgan fingerprint density at radius 2 is 1.94 bits per heavy atom. The van der Waals surface area contributed by atoms with Gasteiger partial charge in [0.05, 0.1) is 17.3 Å². The molecule has 8 heteroatoms. The fourth-order valence-electron chi connectivity index (χ4n) is 4.54. The lowest BCUT2D eigenvalue weighted by Gasteiger charge is -2.21. The summed E-state index contributed by atoms with van der Waals surface area (Å²) in [5.41, 5.74) is 2.31. The van der Waals surface area contributed by atoms with E-state index < -0.39 is 0 Å². The Morgan fingerprint density at radius 3 is 2.59 bits per heavy atom. The largest absolute Gasteiger partial charge is 0.357 e. The van der Waals surface area contributed by atoms with Gasteiger partial charge >= 0.3 is 0 Å². The number of rotatable bonds is 8. The number of unbranched alkanes of at least 4 members (excludes halogenated alkanes) is 1. The summed E-state index contributed by atoms with van der Waals surface area (Å²) in [5.74, 6) is 1.21. The molecular weight excluding hydrogens is 404 g/mol. The van der Waals surface area contributed by atoms with Crippen LogP contribution in [0.25, 0.3) is 0 Å². The minimum absolute atomic E-state index is 0.181. The molecule has 0 radical (unpaired) electrons. The van der Waals surface area contributed by atoms with Gasteiger partial charge in [0, 0.05) is 46.0 Å². The number of imide groups is 1. The Kier molecular flexibility index (Phi) is 6.87. The SMILES string of the molecule is CCNC(=NCCCCN1C(=O)c2ccccc2C1=O)N1CCC(Cc2cnn(C)c2)C1. The van der Waals surface area contributed by atoms with Crippen molar-refractivity contribution in [1.82, 2.24) is 24.9 Å². The first-order valence-electron chi connectivity index (χ1n) is 11.5. The molecule has 0 spiro atoms. The van der Waals surface area contributed by atoms with Crippen LogP contribution in [0.1, 0.15) is 52.5 Å². The zero-order valence-corrected chi connectivity index (χ0v) is 19.0. The normalized spacial score (nSPS) is 18.6. The molecule has 2 aliphatic heterocycles. The summed E-state index contributed by atoms with van der Waals surface area (Å²) in [6, 6.07) is 7.04. The van der Waals surface area contributed by atoms with E-state index in [9.17, 15) is 9.59 Å². The van der Waals surface area contributed by atoms with Gasteiger partial charge in [0.1, 0.15) is 0 Å². The summed E-state index contributed by atoms with van der Waals surface area (Å²) in [6.45, 7) is 6.03. The van der Waals surface area contributed by atoms with Crippen molar-refractivity contribution < 1.29 is 9.59 Å². The Balaban J connectivity index is 1.24. The zero-order chi connectivity index (χ0) is 22.5. The summed E-state index contributed by atoms with van der Waals surface area (Å²) >= 11 is 0. The highest BCUT2D eigenvalue weighted by Gasteiger charge is 2.34. The molecule has 32 heavy (non-hydrogen) atoms. The van der Waals surface area contributed by atoms with Gasteiger partial charge in [-0.3, -0.25) is 24.2 Å². The van der Waals surface area contributed by atoms with Gasteiger partial charge in [-0.25, -0.2) is 0 Å². The molecule has 2 aromatic rings. The summed E-state index contributed by atoms with van der Waals surface area (Å²) in [5, 5.41) is 7.68. The van der Waals surface area contributed by atoms with Gasteiger partial charge in [0.25, 0.3) is 11.8 Å². The number of hydrogen-bond acceptors (Lipinski definition) is 4. The molecule has 0 aliphatic carbocycles. The van der Waals surface area contributed by atoms with E-state index in [1.807, 2.05) is 17.9 Å². The number of nitrogens with one attached hydrogen (secondary N) is 1. The van der Waals surface area contributed by atoms with Crippen LogP contribution in [0.2, 0.25) is 0 Å². The van der Waals surface area contributed by atoms with Crippen molar-refractivity contribution in [1.29, 1.82) is 0 Å². The van der Waals surface area contributed by atoms with Crippen LogP contribution in [0.3, 0.4) is 0 Å². The standard InChI is InChI=1S/C24H32N6O2/c1-3-25-24(29-13-10-18(17-29)14-19-15-27-28(2)16-19)26-11-6-7-12-30-22(31)20-8-4-5-9-21(20)23(30)32/h4-5,8-9,15-16,18H,3,6-7,10-14,17H2,1-2H3,(H,25,26). The highest BCUT2D eigenvalue weighted by atomic mass is 16.2. The second-order valence-corrected chi connectivity index (χ2v) is 8.58. The van der Waals surface area contributed by atoms with Crippen molar-refractivity contribution in [2.45, 2.75) is 32.6 Å². The lowest BCUT2D eigenvalue weighted by atomic mass is 10.0. The van der Waals surface area contributed by atoms with Crippen LogP contribution in [0, 0.1) is 5.92 Å². The number of aromatic nitrogens is 2. The minimum atomic E-state index is -0.181. The van der Waals surface area contributed by atoms with E-state index in [1.165, 1.54) is 10.5 Å². The van der Waals surface area contributed by atoms with Crippen molar-refractivity contribution in [3.8, 4) is 0 Å². The number of carbonyl (C=O) groups excluding carboxylic acids is 2. The predicted molar refractivity (Wildman–Crippen MR) is 124 cm³/mol. The second-order valence-electron chi connectivity index (χ2n) is 8.58. The van der Waals surface area contributed by atoms with Gasteiger partial charge < -0.3 is 10.2 Å². The maximum Gasteiger partial charge on any atom is 0.261 e. The number of fused-ring (bicyclic) bond motifs is 1. The molecule has 1 atom stereocenters. The van der Waals surface area contributed by atoms with Gasteiger partial charge in [-0.15, -0.1) is 0 Å². The molecule has 1 aromatic heterocycles. The quantitative estimate of drug-likeness (QED) is 0.297. The van der Waals surface area contributed by atoms with Crippen molar-refractivity contribution >= 4 is 17.8 Å². The topological polar surface area (TPSA) is 82.8 Å². The fraction of sp³-hybridized carbons (Fsp3) is 0.500. The first kappa shape index (κ1) is 22.0. The number of carbonyl (C=O) groups is 2. The average Bonchev–Trinajstić information content (AvgIpc) is 3.48. The number of nitrogens with zero attached hydrogens (tertiary/aromatic N) is 5. The monoisotopic (exact) mass is 436 g/mol. The molecule has 1 fully saturated rings. The molecule has 1 saturated heterocycles. The Labute approximate surface area is 189 Å². The average molecular weight is 437 g/mol. The smallest absolute Gasteiger partial charge is 0.261 e. The Hall–Kier alpha value is -3.16. The maximum absolute atomic E-state index is 12.5. The van der Waals surface area contributed by atoms with E-state index in [0.29, 0.717) is 30.1 Å². The molecule has 1 N–H and O–H groups in total. The third kappa shape index (κ3) is 4.84. The van der Waals surface area contributed by atoms with Gasteiger partial charge in [-0.2, -0.15) is 5.10 Å². The molecule has 0 bridgehead atoms. The summed E-state index contributed by atoms with van der Waals surface area (Å²) in [7, 11) is 1.95. The first-order valence-corrected chi connectivity index (χ1v) is 11.5. The molecule has 3 heterocycles. The molecule has 0 saturated carbocycles. The molecule has 1 unspecified atom stereocenters. The van der Waals surface area contributed by atoms with Crippen molar-refractivity contribution in [3.05, 3.63) is 53.3 Å². The number of aryl methyl sites for hydroxylation is 1. The number of hydrogen-bond donors (Lipinski definition) is 1. The highest BCUT2D eigenvalue weighted by molar-refractivity contribution is 6.21. The summed E-state index contributed by atoms with van der Waals surface area (Å²) < 4.78 is 1.86. The molecule has 2 amide bonds. The van der Waals surface area contributed by atoms with Crippen LogP contribution in [-0.2, 0) is 13.5 Å². The van der Waals surface area contributed by atoms with E-state index in [0.717, 1.165) is 51.3 Å². The van der Waals surface area contributed by atoms with Crippen LogP contribution >= 0.6 is 0 Å². The molecule has 2 aliphatic rings. The van der Waals surface area contributed by atoms with E-state index in [1.54, 1.807) is 24.3 Å². The second kappa shape index (κ2) is 9.97. The predicted octanol–water partition coefficient (Wildman–Crippen LogP) is 2.33. The van der Waals surface area contributed by atoms with Crippen LogP contribution in [0.5, 0.6) is 0 Å². The fourth-order valence-corrected chi connectivity index (χ4v) is 4.54. The van der Waals surface area contributed by atoms with Gasteiger partial charge in [0.2, 0.25) is 0 Å². The third-order valence-corrected chi connectivity index (χ3v) is 6.13. The van der Waals surface area contributed by atoms with E-state index >= 15 is 0 Å². The van der Waals surface area contributed by atoms with Crippen LogP contribution in [0.15, 0.2) is 41.7 Å². The van der Waals surface area contributed by atoms with Crippen LogP contribution < -0.4 is 5.32 Å². The van der Waals surface area contributed by atoms with E-state index in [4.69, 9.17) is 4.99 Å². The van der Waals surface area contributed by atoms with Crippen molar-refractivity contribution in [2.24, 2.45) is 18.0 Å². The lowest BCUT2D eigenvalue weighted by Crippen LogP contribution is -2.40. The number of amides is 2. The number of guanidine groups is 1. The molecule has 8 nitrogen and oxygen atoms in total. The van der Waals surface area contributed by atoms with Crippen LogP contribution in [-0.4, -0.2) is 70.1 Å². The van der Waals surface area contributed by atoms with Gasteiger partial charge in [0.15, 0.2) is 5.96 Å². The van der Waals surface area contributed by atoms with Crippen molar-refractivity contribution in [2.75, 3.05) is 32.7 Å². The minimum Gasteiger partial charge on any atom is -0.357 e. The summed E-state index contributed by atoms with van der Waals surface area (Å²) in [4.78, 5) is 33.4. The number of aliphatic imine (C=N–C) groups is 1. The summed E-state index contributed by atoms with van der Waals surface area (Å²) in [6.07, 6.45) is 7.82. The maximum atomic E-state index is 12.5. The highest BCUT2D eigenvalue weighted by Crippen LogP contribution is 2.23. The Bertz CT molecular complexity index is 963. The molecule has 170 valence electrons. The van der Waals surface area contributed by atoms with E-state index in [2.05, 4.69) is 28.4 Å². The number of likely N-dealkylation sites (tertiary alicyclic amines) is 1. The molecule has 4 rings (SSSR count). The van der Waals surface area contributed by atoms with Crippen molar-refractivity contribution in [3.63, 3.8) is 0 Å². The zero-order valence-electron chi connectivity index (χ0n) is 19.0. The van der Waals surface area contributed by atoms with Gasteiger partial charge in [-0.05, 0) is 56.2 Å². The van der Waals surface area contributed by atoms with E-state index in [-0.39, 0.29) is 11.8 Å². The molecular formula is C24H32N6O2. The number of benzene rings is 1. The van der Waals surface area contributed by atoms with Crippen LogP contribution in [0.4, 0.5) is 0 Å². The lowest BCUT2D eigenvalue weighted by molar-refractivity contribution is 0.0652. The van der Waals surface area contributed by atoms with Gasteiger partial charge in [-0.1, -0.05) is 12.1 Å². The Morgan fingerprint density at radius 1 is 1.19 bits per heavy atom. The first-order chi connectivity index (χ1) is 15.6. The molecule has 1 aromatic carbocycles.